The van der Waals surface area contributed by atoms with Gasteiger partial charge in [-0.25, -0.2) is 14.8 Å². The Morgan fingerprint density at radius 1 is 1.50 bits per heavy atom. The number of carboxylic acid groups (broad SMARTS) is 1. The van der Waals surface area contributed by atoms with Gasteiger partial charge >= 0.3 is 5.97 Å². The molecule has 1 fully saturated rings. The van der Waals surface area contributed by atoms with Crippen LogP contribution in [0, 0.1) is 12.8 Å². The maximum absolute atomic E-state index is 11.2. The molecular weight excluding hydrogens is 274 g/mol. The molecule has 1 saturated carbocycles. The van der Waals surface area contributed by atoms with Crippen LogP contribution in [0.4, 0.5) is 5.82 Å². The smallest absolute Gasteiger partial charge is 0.346 e. The Labute approximate surface area is 121 Å². The number of aromatic nitrogens is 2. The van der Waals surface area contributed by atoms with Gasteiger partial charge in [0.05, 0.1) is 5.39 Å². The normalized spacial score (nSPS) is 15.2. The first-order valence-electron chi connectivity index (χ1n) is 6.88. The van der Waals surface area contributed by atoms with Crippen molar-refractivity contribution in [3.63, 3.8) is 0 Å². The number of hydrogen-bond donors (Lipinski definition) is 2. The molecule has 0 saturated heterocycles. The number of fused-ring (bicyclic) bond motifs is 1. The van der Waals surface area contributed by atoms with Gasteiger partial charge in [0.25, 0.3) is 0 Å². The zero-order valence-electron chi connectivity index (χ0n) is 11.3. The molecule has 0 aliphatic heterocycles. The van der Waals surface area contributed by atoms with Crippen LogP contribution in [0.3, 0.4) is 0 Å². The van der Waals surface area contributed by atoms with Gasteiger partial charge in [-0.15, -0.1) is 11.3 Å². The van der Waals surface area contributed by atoms with E-state index in [1.165, 1.54) is 36.9 Å². The lowest BCUT2D eigenvalue weighted by atomic mass is 9.83. The standard InChI is InChI=1S/C14H17N3O2S/c1-8-10-12(15-6-5-9-3-2-4-9)16-7-17-13(10)20-11(8)14(18)19/h7,9H,2-6H2,1H3,(H,18,19)(H,15,16,17). The molecule has 0 unspecified atom stereocenters. The van der Waals surface area contributed by atoms with Crippen LogP contribution in [0.25, 0.3) is 10.2 Å². The van der Waals surface area contributed by atoms with Gasteiger partial charge in [-0.1, -0.05) is 19.3 Å². The van der Waals surface area contributed by atoms with E-state index in [2.05, 4.69) is 15.3 Å². The predicted octanol–water partition coefficient (Wildman–Crippen LogP) is 3.30. The Balaban J connectivity index is 1.84. The Kier molecular flexibility index (Phi) is 3.56. The molecule has 2 aromatic rings. The fraction of sp³-hybridized carbons (Fsp3) is 0.500. The van der Waals surface area contributed by atoms with Gasteiger partial charge in [-0.3, -0.25) is 0 Å². The molecule has 2 N–H and O–H groups in total. The zero-order chi connectivity index (χ0) is 14.1. The maximum atomic E-state index is 11.2. The van der Waals surface area contributed by atoms with Crippen LogP contribution < -0.4 is 5.32 Å². The summed E-state index contributed by atoms with van der Waals surface area (Å²) in [4.78, 5) is 20.7. The molecule has 0 radical (unpaired) electrons. The molecule has 0 spiro atoms. The number of nitrogens with zero attached hydrogens (tertiary/aromatic N) is 2. The number of aryl methyl sites for hydroxylation is 1. The third-order valence-electron chi connectivity index (χ3n) is 3.99. The van der Waals surface area contributed by atoms with Gasteiger partial charge in [-0.2, -0.15) is 0 Å². The molecule has 1 aliphatic carbocycles. The zero-order valence-corrected chi connectivity index (χ0v) is 12.2. The molecule has 6 heteroatoms. The number of aromatic carboxylic acids is 1. The van der Waals surface area contributed by atoms with Gasteiger partial charge < -0.3 is 10.4 Å². The predicted molar refractivity (Wildman–Crippen MR) is 79.6 cm³/mol. The Morgan fingerprint density at radius 3 is 2.95 bits per heavy atom. The second-order valence-corrected chi connectivity index (χ2v) is 6.28. The van der Waals surface area contributed by atoms with Crippen LogP contribution in [0.15, 0.2) is 6.33 Å². The summed E-state index contributed by atoms with van der Waals surface area (Å²) in [6.07, 6.45) is 6.67. The molecule has 106 valence electrons. The lowest BCUT2D eigenvalue weighted by molar-refractivity contribution is 0.0701. The second kappa shape index (κ2) is 5.36. The highest BCUT2D eigenvalue weighted by Crippen LogP contribution is 2.34. The van der Waals surface area contributed by atoms with E-state index in [-0.39, 0.29) is 0 Å². The minimum Gasteiger partial charge on any atom is -0.477 e. The van der Waals surface area contributed by atoms with Crippen molar-refractivity contribution in [1.29, 1.82) is 0 Å². The summed E-state index contributed by atoms with van der Waals surface area (Å²) in [5, 5.41) is 13.4. The lowest BCUT2D eigenvalue weighted by Crippen LogP contribution is -2.16. The molecule has 0 bridgehead atoms. The SMILES string of the molecule is Cc1c(C(=O)O)sc2ncnc(NCCC3CCC3)c12. The summed E-state index contributed by atoms with van der Waals surface area (Å²) in [5.41, 5.74) is 0.754. The van der Waals surface area contributed by atoms with E-state index in [9.17, 15) is 9.90 Å². The topological polar surface area (TPSA) is 75.1 Å². The van der Waals surface area contributed by atoms with Crippen molar-refractivity contribution in [3.05, 3.63) is 16.8 Å². The Hall–Kier alpha value is -1.69. The van der Waals surface area contributed by atoms with Crippen molar-refractivity contribution in [2.75, 3.05) is 11.9 Å². The Morgan fingerprint density at radius 2 is 2.30 bits per heavy atom. The first-order chi connectivity index (χ1) is 9.66. The van der Waals surface area contributed by atoms with Gasteiger partial charge in [0.1, 0.15) is 21.9 Å². The fourth-order valence-corrected chi connectivity index (χ4v) is 3.57. The number of hydrogen-bond acceptors (Lipinski definition) is 5. The number of rotatable bonds is 5. The van der Waals surface area contributed by atoms with Crippen LogP contribution >= 0.6 is 11.3 Å². The maximum Gasteiger partial charge on any atom is 0.346 e. The van der Waals surface area contributed by atoms with Crippen molar-refractivity contribution in [1.82, 2.24) is 9.97 Å². The summed E-state index contributed by atoms with van der Waals surface area (Å²) in [7, 11) is 0. The van der Waals surface area contributed by atoms with E-state index < -0.39 is 5.97 Å². The van der Waals surface area contributed by atoms with E-state index >= 15 is 0 Å². The van der Waals surface area contributed by atoms with E-state index in [0.29, 0.717) is 4.88 Å². The summed E-state index contributed by atoms with van der Waals surface area (Å²) >= 11 is 1.21. The average molecular weight is 291 g/mol. The third kappa shape index (κ3) is 2.35. The first-order valence-corrected chi connectivity index (χ1v) is 7.69. The van der Waals surface area contributed by atoms with Crippen molar-refractivity contribution in [2.24, 2.45) is 5.92 Å². The number of carboxylic acids is 1. The van der Waals surface area contributed by atoms with E-state index in [1.807, 2.05) is 6.92 Å². The third-order valence-corrected chi connectivity index (χ3v) is 5.18. The molecule has 0 atom stereocenters. The van der Waals surface area contributed by atoms with Gasteiger partial charge in [-0.05, 0) is 24.8 Å². The van der Waals surface area contributed by atoms with Crippen LogP contribution in [0.5, 0.6) is 0 Å². The highest BCUT2D eigenvalue weighted by Gasteiger charge is 2.19. The molecule has 1 aliphatic rings. The van der Waals surface area contributed by atoms with Crippen LogP contribution in [0.2, 0.25) is 0 Å². The molecule has 2 aromatic heterocycles. The highest BCUT2D eigenvalue weighted by atomic mass is 32.1. The van der Waals surface area contributed by atoms with E-state index in [0.717, 1.165) is 40.5 Å². The largest absolute Gasteiger partial charge is 0.477 e. The van der Waals surface area contributed by atoms with Crippen LogP contribution in [0.1, 0.15) is 40.9 Å². The fourth-order valence-electron chi connectivity index (χ4n) is 2.59. The lowest BCUT2D eigenvalue weighted by Gasteiger charge is -2.25. The summed E-state index contributed by atoms with van der Waals surface area (Å²) < 4.78 is 0. The van der Waals surface area contributed by atoms with Gasteiger partial charge in [0.2, 0.25) is 0 Å². The quantitative estimate of drug-likeness (QED) is 0.884. The minimum atomic E-state index is -0.897. The minimum absolute atomic E-state index is 0.350. The van der Waals surface area contributed by atoms with Crippen molar-refractivity contribution >= 4 is 33.3 Å². The second-order valence-electron chi connectivity index (χ2n) is 5.28. The van der Waals surface area contributed by atoms with Gasteiger partial charge in [0, 0.05) is 6.54 Å². The first kappa shape index (κ1) is 13.3. The molecular formula is C14H17N3O2S. The number of nitrogens with one attached hydrogen (secondary N) is 1. The Bertz CT molecular complexity index is 649. The molecule has 2 heterocycles. The summed E-state index contributed by atoms with van der Waals surface area (Å²) in [5.74, 6) is 0.708. The number of anilines is 1. The van der Waals surface area contributed by atoms with Crippen molar-refractivity contribution in [2.45, 2.75) is 32.6 Å². The number of thiophene rings is 1. The van der Waals surface area contributed by atoms with E-state index in [1.54, 1.807) is 0 Å². The van der Waals surface area contributed by atoms with Gasteiger partial charge in [0.15, 0.2) is 0 Å². The average Bonchev–Trinajstić information content (AvgIpc) is 2.71. The molecule has 5 nitrogen and oxygen atoms in total. The van der Waals surface area contributed by atoms with Crippen LogP contribution in [-0.4, -0.2) is 27.6 Å². The summed E-state index contributed by atoms with van der Waals surface area (Å²) in [6, 6.07) is 0. The molecule has 0 amide bonds. The van der Waals surface area contributed by atoms with Crippen molar-refractivity contribution < 1.29 is 9.90 Å². The monoisotopic (exact) mass is 291 g/mol. The van der Waals surface area contributed by atoms with E-state index in [4.69, 9.17) is 0 Å². The van der Waals surface area contributed by atoms with Crippen molar-refractivity contribution in [3.8, 4) is 0 Å². The number of carbonyl (C=O) groups is 1. The summed E-state index contributed by atoms with van der Waals surface area (Å²) in [6.45, 7) is 2.71. The molecule has 20 heavy (non-hydrogen) atoms. The van der Waals surface area contributed by atoms with Crippen LogP contribution in [-0.2, 0) is 0 Å². The molecule has 0 aromatic carbocycles. The molecule has 3 rings (SSSR count). The highest BCUT2D eigenvalue weighted by molar-refractivity contribution is 7.20.